The maximum Gasteiger partial charge on any atom is 0.163 e. The summed E-state index contributed by atoms with van der Waals surface area (Å²) in [5.74, 6) is 1.53. The van der Waals surface area contributed by atoms with Gasteiger partial charge in [-0.3, -0.25) is 0 Å². The lowest BCUT2D eigenvalue weighted by Gasteiger charge is -2.41. The molecule has 3 nitrogen and oxygen atoms in total. The molecule has 3 aliphatic heterocycles. The van der Waals surface area contributed by atoms with Gasteiger partial charge in [-0.2, -0.15) is 0 Å². The van der Waals surface area contributed by atoms with Crippen molar-refractivity contribution in [2.75, 3.05) is 6.61 Å². The van der Waals surface area contributed by atoms with E-state index in [0.29, 0.717) is 16.8 Å². The lowest BCUT2D eigenvalue weighted by atomic mass is 9.28. The second-order valence-electron chi connectivity index (χ2n) is 9.22. The summed E-state index contributed by atoms with van der Waals surface area (Å²) in [6, 6.07) is 4.59. The van der Waals surface area contributed by atoms with Crippen LogP contribution >= 0.6 is 15.9 Å². The van der Waals surface area contributed by atoms with Crippen LogP contribution in [-0.4, -0.2) is 31.3 Å². The first kappa shape index (κ1) is 20.7. The molecule has 2 bridgehead atoms. The summed E-state index contributed by atoms with van der Waals surface area (Å²) in [5, 5.41) is 0. The van der Waals surface area contributed by atoms with Crippen LogP contribution in [-0.2, 0) is 9.47 Å². The Hall–Kier alpha value is -0.585. The predicted octanol–water partition coefficient (Wildman–Crippen LogP) is 6.34. The van der Waals surface area contributed by atoms with Crippen molar-refractivity contribution in [2.24, 2.45) is 5.92 Å². The molecule has 3 atom stereocenters. The molecule has 0 aromatic heterocycles. The lowest BCUT2D eigenvalue weighted by molar-refractivity contribution is -0.149. The SMILES string of the molecule is CC1(C)OC[C@H]([C@H](CC[C@@H]2B3CCCC2CCC3)Oc2ccc(F)cc2Br)O1. The van der Waals surface area contributed by atoms with Gasteiger partial charge in [0.25, 0.3) is 0 Å². The van der Waals surface area contributed by atoms with Crippen molar-refractivity contribution < 1.29 is 18.6 Å². The summed E-state index contributed by atoms with van der Waals surface area (Å²) in [6.45, 7) is 5.32. The number of halogens is 2. The van der Waals surface area contributed by atoms with E-state index in [2.05, 4.69) is 15.9 Å². The Morgan fingerprint density at radius 2 is 2.04 bits per heavy atom. The number of ether oxygens (including phenoxy) is 3. The highest BCUT2D eigenvalue weighted by molar-refractivity contribution is 9.10. The van der Waals surface area contributed by atoms with E-state index in [1.54, 1.807) is 6.07 Å². The largest absolute Gasteiger partial charge is 0.486 e. The quantitative estimate of drug-likeness (QED) is 0.471. The zero-order valence-electron chi connectivity index (χ0n) is 17.0. The molecule has 0 spiro atoms. The highest BCUT2D eigenvalue weighted by atomic mass is 79.9. The average Bonchev–Trinajstić information content (AvgIpc) is 2.99. The standard InChI is InChI=1S/C22H31BBrFO3/c1-22(2)26-14-21(28-22)20(27-19-9-7-16(25)13-18(19)24)10-8-17-15-5-3-11-23(17)12-4-6-15/h7,9,13,15,17,20-21H,3-6,8,10-12,14H2,1-2H3/t17-,20-,21+/m0/s1. The van der Waals surface area contributed by atoms with E-state index in [0.717, 1.165) is 24.9 Å². The summed E-state index contributed by atoms with van der Waals surface area (Å²) in [7, 11) is 0. The number of fused-ring (bicyclic) bond motifs is 2. The molecule has 1 aromatic carbocycles. The van der Waals surface area contributed by atoms with Gasteiger partial charge in [0, 0.05) is 0 Å². The molecule has 6 heteroatoms. The second kappa shape index (κ2) is 8.65. The number of hydrogen-bond donors (Lipinski definition) is 0. The van der Waals surface area contributed by atoms with Crippen LogP contribution in [0.1, 0.15) is 52.4 Å². The first-order chi connectivity index (χ1) is 13.4. The smallest absolute Gasteiger partial charge is 0.163 e. The molecule has 3 fully saturated rings. The van der Waals surface area contributed by atoms with Crippen molar-refractivity contribution >= 4 is 22.6 Å². The van der Waals surface area contributed by atoms with Gasteiger partial charge < -0.3 is 14.2 Å². The molecule has 1 aromatic rings. The molecule has 0 saturated carbocycles. The predicted molar refractivity (Wildman–Crippen MR) is 114 cm³/mol. The van der Waals surface area contributed by atoms with Crippen molar-refractivity contribution in [3.63, 3.8) is 0 Å². The maximum absolute atomic E-state index is 13.5. The Balaban J connectivity index is 1.46. The van der Waals surface area contributed by atoms with E-state index in [9.17, 15) is 4.39 Å². The van der Waals surface area contributed by atoms with Crippen LogP contribution in [0.4, 0.5) is 4.39 Å². The first-order valence-corrected chi connectivity index (χ1v) is 11.6. The summed E-state index contributed by atoms with van der Waals surface area (Å²) in [4.78, 5) is 0. The summed E-state index contributed by atoms with van der Waals surface area (Å²) < 4.78 is 32.5. The third kappa shape index (κ3) is 4.76. The molecule has 4 rings (SSSR count). The first-order valence-electron chi connectivity index (χ1n) is 10.8. The minimum Gasteiger partial charge on any atom is -0.486 e. The normalized spacial score (nSPS) is 30.3. The molecule has 28 heavy (non-hydrogen) atoms. The molecule has 0 amide bonds. The Morgan fingerprint density at radius 3 is 2.64 bits per heavy atom. The second-order valence-corrected chi connectivity index (χ2v) is 10.1. The van der Waals surface area contributed by atoms with E-state index in [1.165, 1.54) is 56.9 Å². The number of rotatable bonds is 6. The van der Waals surface area contributed by atoms with Crippen LogP contribution in [0, 0.1) is 11.7 Å². The molecule has 0 N–H and O–H groups in total. The highest BCUT2D eigenvalue weighted by Gasteiger charge is 2.42. The lowest BCUT2D eigenvalue weighted by Crippen LogP contribution is -2.39. The van der Waals surface area contributed by atoms with E-state index < -0.39 is 5.79 Å². The monoisotopic (exact) mass is 452 g/mol. The van der Waals surface area contributed by atoms with Gasteiger partial charge in [-0.05, 0) is 60.3 Å². The summed E-state index contributed by atoms with van der Waals surface area (Å²) in [5.41, 5.74) is 0. The molecular weight excluding hydrogens is 422 g/mol. The van der Waals surface area contributed by atoms with Gasteiger partial charge in [0.1, 0.15) is 30.5 Å². The highest BCUT2D eigenvalue weighted by Crippen LogP contribution is 2.47. The maximum atomic E-state index is 13.5. The molecule has 3 aliphatic rings. The minimum absolute atomic E-state index is 0.0915. The minimum atomic E-state index is -0.576. The van der Waals surface area contributed by atoms with Crippen LogP contribution in [0.25, 0.3) is 0 Å². The van der Waals surface area contributed by atoms with Crippen LogP contribution in [0.2, 0.25) is 18.5 Å². The molecular formula is C22H31BBrFO3. The third-order valence-electron chi connectivity index (χ3n) is 6.91. The Kier molecular flexibility index (Phi) is 6.39. The Morgan fingerprint density at radius 1 is 1.29 bits per heavy atom. The van der Waals surface area contributed by atoms with Gasteiger partial charge >= 0.3 is 0 Å². The van der Waals surface area contributed by atoms with E-state index >= 15 is 0 Å². The van der Waals surface area contributed by atoms with Gasteiger partial charge in [-0.25, -0.2) is 4.39 Å². The van der Waals surface area contributed by atoms with Crippen LogP contribution < -0.4 is 4.74 Å². The number of benzene rings is 1. The van der Waals surface area contributed by atoms with E-state index in [1.807, 2.05) is 13.8 Å². The van der Waals surface area contributed by atoms with Crippen molar-refractivity contribution in [1.82, 2.24) is 0 Å². The zero-order chi connectivity index (χ0) is 19.7. The van der Waals surface area contributed by atoms with Crippen molar-refractivity contribution in [2.45, 2.75) is 88.8 Å². The Labute approximate surface area is 176 Å². The van der Waals surface area contributed by atoms with Crippen LogP contribution in [0.15, 0.2) is 22.7 Å². The van der Waals surface area contributed by atoms with Gasteiger partial charge in [-0.1, -0.05) is 50.6 Å². The summed E-state index contributed by atoms with van der Waals surface area (Å²) >= 11 is 3.44. The fourth-order valence-corrected chi connectivity index (χ4v) is 6.04. The van der Waals surface area contributed by atoms with Gasteiger partial charge in [0.05, 0.1) is 11.1 Å². The van der Waals surface area contributed by atoms with Crippen molar-refractivity contribution in [1.29, 1.82) is 0 Å². The van der Waals surface area contributed by atoms with Gasteiger partial charge in [-0.15, -0.1) is 0 Å². The van der Waals surface area contributed by atoms with Crippen LogP contribution in [0.3, 0.4) is 0 Å². The third-order valence-corrected chi connectivity index (χ3v) is 7.53. The number of hydrogen-bond acceptors (Lipinski definition) is 3. The van der Waals surface area contributed by atoms with Crippen molar-refractivity contribution in [3.05, 3.63) is 28.5 Å². The Bertz CT molecular complexity index is 664. The van der Waals surface area contributed by atoms with E-state index in [-0.39, 0.29) is 18.0 Å². The molecule has 0 unspecified atom stereocenters. The molecule has 0 radical (unpaired) electrons. The molecule has 0 aliphatic carbocycles. The fraction of sp³-hybridized carbons (Fsp3) is 0.727. The average molecular weight is 453 g/mol. The molecule has 3 saturated heterocycles. The fourth-order valence-electron chi connectivity index (χ4n) is 5.60. The van der Waals surface area contributed by atoms with Crippen molar-refractivity contribution in [3.8, 4) is 5.75 Å². The zero-order valence-corrected chi connectivity index (χ0v) is 18.5. The van der Waals surface area contributed by atoms with Gasteiger partial charge in [0.2, 0.25) is 0 Å². The molecule has 3 heterocycles. The topological polar surface area (TPSA) is 27.7 Å². The van der Waals surface area contributed by atoms with Crippen LogP contribution in [0.5, 0.6) is 5.75 Å². The summed E-state index contributed by atoms with van der Waals surface area (Å²) in [6.07, 6.45) is 10.3. The van der Waals surface area contributed by atoms with Gasteiger partial charge in [0.15, 0.2) is 5.79 Å². The van der Waals surface area contributed by atoms with E-state index in [4.69, 9.17) is 14.2 Å². The molecule has 154 valence electrons.